The van der Waals surface area contributed by atoms with Crippen LogP contribution in [0.3, 0.4) is 0 Å². The molecule has 0 heterocycles. The van der Waals surface area contributed by atoms with E-state index in [9.17, 15) is 9.59 Å². The van der Waals surface area contributed by atoms with E-state index in [1.165, 1.54) is 0 Å². The smallest absolute Gasteiger partial charge is 0.158 e. The van der Waals surface area contributed by atoms with E-state index in [0.29, 0.717) is 11.6 Å². The molecule has 0 amide bonds. The standard InChI is InChI=1S/2C7H10O/c2*1-6-4-2-3-5-7(6)8/h2*4H,2-3,5H2,1H3. The van der Waals surface area contributed by atoms with Crippen LogP contribution in [0.25, 0.3) is 0 Å². The summed E-state index contributed by atoms with van der Waals surface area (Å²) in [6, 6.07) is 0. The van der Waals surface area contributed by atoms with Gasteiger partial charge in [-0.25, -0.2) is 0 Å². The van der Waals surface area contributed by atoms with Crippen molar-refractivity contribution < 1.29 is 9.59 Å². The molecule has 0 saturated carbocycles. The summed E-state index contributed by atoms with van der Waals surface area (Å²) in [7, 11) is 0. The first-order valence-electron chi connectivity index (χ1n) is 6.01. The summed E-state index contributed by atoms with van der Waals surface area (Å²) in [5.74, 6) is 0.660. The van der Waals surface area contributed by atoms with Crippen molar-refractivity contribution in [2.45, 2.75) is 52.4 Å². The molecule has 0 aromatic carbocycles. The second-order valence-corrected chi connectivity index (χ2v) is 4.41. The monoisotopic (exact) mass is 220 g/mol. The minimum Gasteiger partial charge on any atom is -0.295 e. The van der Waals surface area contributed by atoms with E-state index in [1.54, 1.807) is 0 Å². The van der Waals surface area contributed by atoms with Crippen LogP contribution in [0.15, 0.2) is 23.3 Å². The van der Waals surface area contributed by atoms with Gasteiger partial charge in [0, 0.05) is 12.8 Å². The zero-order chi connectivity index (χ0) is 12.0. The van der Waals surface area contributed by atoms with Crippen molar-refractivity contribution >= 4 is 11.6 Å². The molecule has 0 atom stereocenters. The fraction of sp³-hybridized carbons (Fsp3) is 0.571. The Kier molecular flexibility index (Phi) is 5.17. The van der Waals surface area contributed by atoms with Gasteiger partial charge in [0.15, 0.2) is 11.6 Å². The summed E-state index contributed by atoms with van der Waals surface area (Å²) in [6.45, 7) is 3.78. The van der Waals surface area contributed by atoms with Gasteiger partial charge in [0.2, 0.25) is 0 Å². The van der Waals surface area contributed by atoms with Gasteiger partial charge >= 0.3 is 0 Å². The molecule has 2 aliphatic rings. The van der Waals surface area contributed by atoms with Crippen LogP contribution in [0.4, 0.5) is 0 Å². The molecule has 2 rings (SSSR count). The quantitative estimate of drug-likeness (QED) is 0.627. The van der Waals surface area contributed by atoms with Crippen molar-refractivity contribution in [1.82, 2.24) is 0 Å². The molecule has 0 N–H and O–H groups in total. The zero-order valence-electron chi connectivity index (χ0n) is 10.2. The lowest BCUT2D eigenvalue weighted by Crippen LogP contribution is -2.02. The van der Waals surface area contributed by atoms with Crippen molar-refractivity contribution in [3.63, 3.8) is 0 Å². The maximum Gasteiger partial charge on any atom is 0.158 e. The molecule has 88 valence electrons. The van der Waals surface area contributed by atoms with Crippen molar-refractivity contribution in [2.24, 2.45) is 0 Å². The Labute approximate surface area is 97.4 Å². The highest BCUT2D eigenvalue weighted by Crippen LogP contribution is 2.12. The van der Waals surface area contributed by atoms with Gasteiger partial charge < -0.3 is 0 Å². The fourth-order valence-corrected chi connectivity index (χ4v) is 1.78. The predicted octanol–water partition coefficient (Wildman–Crippen LogP) is 3.37. The van der Waals surface area contributed by atoms with Gasteiger partial charge in [0.05, 0.1) is 0 Å². The van der Waals surface area contributed by atoms with E-state index in [-0.39, 0.29) is 0 Å². The third-order valence-corrected chi connectivity index (χ3v) is 3.00. The number of hydrogen-bond acceptors (Lipinski definition) is 2. The van der Waals surface area contributed by atoms with Crippen LogP contribution in [0.5, 0.6) is 0 Å². The van der Waals surface area contributed by atoms with E-state index in [0.717, 1.165) is 49.7 Å². The zero-order valence-corrected chi connectivity index (χ0v) is 10.2. The molecule has 16 heavy (non-hydrogen) atoms. The number of carbonyl (C=O) groups excluding carboxylic acids is 2. The molecular formula is C14H20O2. The molecule has 0 aliphatic heterocycles. The average Bonchev–Trinajstić information content (AvgIpc) is 2.28. The molecule has 0 spiro atoms. The average molecular weight is 220 g/mol. The highest BCUT2D eigenvalue weighted by molar-refractivity contribution is 5.95. The van der Waals surface area contributed by atoms with E-state index in [1.807, 2.05) is 26.0 Å². The van der Waals surface area contributed by atoms with Gasteiger partial charge in [-0.3, -0.25) is 9.59 Å². The Morgan fingerprint density at radius 1 is 0.812 bits per heavy atom. The van der Waals surface area contributed by atoms with Crippen LogP contribution in [0.1, 0.15) is 52.4 Å². The summed E-state index contributed by atoms with van der Waals surface area (Å²) in [4.78, 5) is 21.5. The molecule has 2 aliphatic carbocycles. The topological polar surface area (TPSA) is 34.1 Å². The highest BCUT2D eigenvalue weighted by atomic mass is 16.1. The van der Waals surface area contributed by atoms with Gasteiger partial charge in [-0.2, -0.15) is 0 Å². The Bertz CT molecular complexity index is 301. The van der Waals surface area contributed by atoms with E-state index in [2.05, 4.69) is 0 Å². The maximum absolute atomic E-state index is 10.7. The second-order valence-electron chi connectivity index (χ2n) is 4.41. The van der Waals surface area contributed by atoms with Crippen molar-refractivity contribution in [2.75, 3.05) is 0 Å². The molecule has 0 unspecified atom stereocenters. The summed E-state index contributed by atoms with van der Waals surface area (Å²) >= 11 is 0. The SMILES string of the molecule is CC1=CCCCC1=O.CC1=CCCCC1=O. The third-order valence-electron chi connectivity index (χ3n) is 3.00. The number of allylic oxidation sites excluding steroid dienone is 4. The number of Topliss-reactive ketones (excluding diaryl/α,β-unsaturated/α-hetero) is 2. The maximum atomic E-state index is 10.7. The van der Waals surface area contributed by atoms with Crippen LogP contribution < -0.4 is 0 Å². The molecule has 0 fully saturated rings. The number of hydrogen-bond donors (Lipinski definition) is 0. The lowest BCUT2D eigenvalue weighted by Gasteiger charge is -2.04. The van der Waals surface area contributed by atoms with Gasteiger partial charge in [-0.15, -0.1) is 0 Å². The van der Waals surface area contributed by atoms with Crippen molar-refractivity contribution in [3.8, 4) is 0 Å². The lowest BCUT2D eigenvalue weighted by atomic mass is 10.00. The van der Waals surface area contributed by atoms with Gasteiger partial charge in [-0.05, 0) is 50.7 Å². The fourth-order valence-electron chi connectivity index (χ4n) is 1.78. The van der Waals surface area contributed by atoms with Crippen LogP contribution in [-0.4, -0.2) is 11.6 Å². The largest absolute Gasteiger partial charge is 0.295 e. The first kappa shape index (κ1) is 12.9. The first-order chi connectivity index (χ1) is 7.61. The van der Waals surface area contributed by atoms with E-state index < -0.39 is 0 Å². The summed E-state index contributed by atoms with van der Waals surface area (Å²) < 4.78 is 0. The highest BCUT2D eigenvalue weighted by Gasteiger charge is 2.07. The minimum absolute atomic E-state index is 0.330. The number of carbonyl (C=O) groups is 2. The summed E-state index contributed by atoms with van der Waals surface area (Å²) in [5, 5.41) is 0. The molecule has 0 bridgehead atoms. The first-order valence-corrected chi connectivity index (χ1v) is 6.01. The van der Waals surface area contributed by atoms with Crippen LogP contribution in [-0.2, 0) is 9.59 Å². The Hall–Kier alpha value is -1.18. The normalized spacial score (nSPS) is 20.6. The molecule has 2 heteroatoms. The lowest BCUT2D eigenvalue weighted by molar-refractivity contribution is -0.116. The number of ketones is 2. The van der Waals surface area contributed by atoms with Gasteiger partial charge in [0.25, 0.3) is 0 Å². The minimum atomic E-state index is 0.330. The van der Waals surface area contributed by atoms with E-state index in [4.69, 9.17) is 0 Å². The van der Waals surface area contributed by atoms with E-state index >= 15 is 0 Å². The van der Waals surface area contributed by atoms with Crippen LogP contribution in [0.2, 0.25) is 0 Å². The number of rotatable bonds is 0. The second kappa shape index (κ2) is 6.41. The Morgan fingerprint density at radius 2 is 1.19 bits per heavy atom. The van der Waals surface area contributed by atoms with Crippen molar-refractivity contribution in [1.29, 1.82) is 0 Å². The third kappa shape index (κ3) is 4.13. The molecule has 0 saturated heterocycles. The van der Waals surface area contributed by atoms with Gasteiger partial charge in [-0.1, -0.05) is 12.2 Å². The molecule has 0 radical (unpaired) electrons. The van der Waals surface area contributed by atoms with Crippen LogP contribution in [0, 0.1) is 0 Å². The van der Waals surface area contributed by atoms with Crippen molar-refractivity contribution in [3.05, 3.63) is 23.3 Å². The molecule has 0 aromatic rings. The Morgan fingerprint density at radius 3 is 1.38 bits per heavy atom. The molecule has 0 aromatic heterocycles. The van der Waals surface area contributed by atoms with Crippen LogP contribution >= 0.6 is 0 Å². The predicted molar refractivity (Wildman–Crippen MR) is 65.2 cm³/mol. The molecular weight excluding hydrogens is 200 g/mol. The summed E-state index contributed by atoms with van der Waals surface area (Å²) in [5.41, 5.74) is 1.91. The Balaban J connectivity index is 0.000000160. The molecule has 2 nitrogen and oxygen atoms in total. The summed E-state index contributed by atoms with van der Waals surface area (Å²) in [6.07, 6.45) is 9.86. The van der Waals surface area contributed by atoms with Gasteiger partial charge in [0.1, 0.15) is 0 Å².